The molecule has 6 nitrogen and oxygen atoms in total. The maximum absolute atomic E-state index is 9.84. The van der Waals surface area contributed by atoms with Crippen LogP contribution in [0, 0.1) is 22.7 Å². The molecule has 0 unspecified atom stereocenters. The predicted octanol–water partition coefficient (Wildman–Crippen LogP) is 13.9. The SMILES string of the molecule is COc1cc2c3c(cc(OC)cc3c1)-c1c-2c(-c2ccc(C#N)cc2)cc2c1cc(-c1ccc(C#N)cc1)c1c3ccc4c(c3ccc21)-c1cc(OC)cc2cc(OC)cc-4c12. The standard InChI is InChI=1S/C56H34N2O4/c1-59-35-17-33-18-36(60-2)22-48-51(33)46(21-35)42-16-14-39-40(54(42)48)13-15-41-45-25-44(32-11-7-30(28-58)8-12-32)55-49-23-37(61-3)19-34-20-38(62-4)24-50(52(34)49)56(55)47(45)26-43(53(39)41)31-9-5-29(27-57)6-10-31/h5-26H,1-4H3. The van der Waals surface area contributed by atoms with E-state index in [1.54, 1.807) is 28.4 Å². The lowest BCUT2D eigenvalue weighted by Gasteiger charge is -2.20. The van der Waals surface area contributed by atoms with Crippen LogP contribution in [-0.4, -0.2) is 28.4 Å². The summed E-state index contributed by atoms with van der Waals surface area (Å²) in [7, 11) is 6.83. The second-order valence-electron chi connectivity index (χ2n) is 16.0. The topological polar surface area (TPSA) is 84.5 Å². The highest BCUT2D eigenvalue weighted by Gasteiger charge is 2.31. The molecule has 0 heterocycles. The molecule has 0 aromatic heterocycles. The summed E-state index contributed by atoms with van der Waals surface area (Å²) < 4.78 is 23.6. The zero-order chi connectivity index (χ0) is 42.0. The second kappa shape index (κ2) is 13.1. The molecule has 12 rings (SSSR count). The van der Waals surface area contributed by atoms with E-state index in [9.17, 15) is 10.5 Å². The molecule has 0 spiro atoms. The van der Waals surface area contributed by atoms with E-state index in [-0.39, 0.29) is 0 Å². The summed E-state index contributed by atoms with van der Waals surface area (Å²) in [6.07, 6.45) is 0. The van der Waals surface area contributed by atoms with Crippen molar-refractivity contribution in [2.75, 3.05) is 28.4 Å². The van der Waals surface area contributed by atoms with E-state index in [4.69, 9.17) is 18.9 Å². The van der Waals surface area contributed by atoms with Gasteiger partial charge in [0, 0.05) is 0 Å². The Balaban J connectivity index is 1.26. The van der Waals surface area contributed by atoms with Crippen molar-refractivity contribution in [3.63, 3.8) is 0 Å². The minimum absolute atomic E-state index is 0.605. The molecule has 0 amide bonds. The van der Waals surface area contributed by atoms with Gasteiger partial charge in [-0.15, -0.1) is 0 Å². The van der Waals surface area contributed by atoms with Crippen LogP contribution in [0.2, 0.25) is 0 Å². The molecule has 0 saturated heterocycles. The van der Waals surface area contributed by atoms with Gasteiger partial charge in [0.1, 0.15) is 23.0 Å². The first-order valence-corrected chi connectivity index (χ1v) is 20.4. The van der Waals surface area contributed by atoms with Gasteiger partial charge < -0.3 is 18.9 Å². The number of benzene rings is 10. The summed E-state index contributed by atoms with van der Waals surface area (Å²) in [6, 6.07) is 51.1. The van der Waals surface area contributed by atoms with Gasteiger partial charge in [-0.05, 0) is 206 Å². The van der Waals surface area contributed by atoms with Crippen molar-refractivity contribution in [1.29, 1.82) is 10.5 Å². The molecule has 0 bridgehead atoms. The zero-order valence-electron chi connectivity index (χ0n) is 34.2. The zero-order valence-corrected chi connectivity index (χ0v) is 34.2. The average Bonchev–Trinajstić information content (AvgIpc) is 3.84. The third-order valence-electron chi connectivity index (χ3n) is 13.1. The molecule has 0 aliphatic heterocycles. The Morgan fingerprint density at radius 1 is 0.323 bits per heavy atom. The lowest BCUT2D eigenvalue weighted by atomic mass is 9.83. The largest absolute Gasteiger partial charge is 0.497 e. The van der Waals surface area contributed by atoms with Crippen LogP contribution in [0.25, 0.3) is 121 Å². The smallest absolute Gasteiger partial charge is 0.120 e. The lowest BCUT2D eigenvalue weighted by Crippen LogP contribution is -1.93. The minimum Gasteiger partial charge on any atom is -0.497 e. The van der Waals surface area contributed by atoms with Crippen molar-refractivity contribution in [1.82, 2.24) is 0 Å². The molecule has 0 saturated carbocycles. The minimum atomic E-state index is 0.605. The summed E-state index contributed by atoms with van der Waals surface area (Å²) in [5.74, 6) is 3.10. The second-order valence-corrected chi connectivity index (χ2v) is 16.0. The Kier molecular flexibility index (Phi) is 7.52. The molecule has 292 valence electrons. The average molecular weight is 799 g/mol. The third kappa shape index (κ3) is 4.84. The van der Waals surface area contributed by atoms with Gasteiger partial charge in [0.15, 0.2) is 0 Å². The van der Waals surface area contributed by atoms with Gasteiger partial charge in [-0.3, -0.25) is 0 Å². The number of nitrogens with zero attached hydrogens (tertiary/aromatic N) is 2. The van der Waals surface area contributed by atoms with E-state index in [0.717, 1.165) is 138 Å². The number of fused-ring (bicyclic) bond motifs is 13. The Labute approximate surface area is 356 Å². The van der Waals surface area contributed by atoms with Crippen molar-refractivity contribution in [2.45, 2.75) is 0 Å². The number of methoxy groups -OCH3 is 4. The lowest BCUT2D eigenvalue weighted by molar-refractivity contribution is 0.414. The van der Waals surface area contributed by atoms with Crippen LogP contribution in [0.5, 0.6) is 23.0 Å². The van der Waals surface area contributed by atoms with E-state index in [1.807, 2.05) is 24.3 Å². The number of nitriles is 2. The molecule has 2 aliphatic carbocycles. The predicted molar refractivity (Wildman–Crippen MR) is 249 cm³/mol. The molecular formula is C56H34N2O4. The van der Waals surface area contributed by atoms with Gasteiger partial charge in [0.2, 0.25) is 0 Å². The van der Waals surface area contributed by atoms with E-state index in [0.29, 0.717) is 11.1 Å². The molecule has 2 aliphatic rings. The van der Waals surface area contributed by atoms with E-state index < -0.39 is 0 Å². The molecule has 0 N–H and O–H groups in total. The number of ether oxygens (including phenoxy) is 4. The quantitative estimate of drug-likeness (QED) is 0.156. The molecule has 10 aromatic carbocycles. The van der Waals surface area contributed by atoms with Crippen LogP contribution in [-0.2, 0) is 0 Å². The first kappa shape index (κ1) is 35.6. The Bertz CT molecular complexity index is 3730. The number of hydrogen-bond donors (Lipinski definition) is 0. The van der Waals surface area contributed by atoms with Gasteiger partial charge in [-0.25, -0.2) is 0 Å². The molecule has 10 aromatic rings. The van der Waals surface area contributed by atoms with Crippen molar-refractivity contribution in [3.8, 4) is 102 Å². The summed E-state index contributed by atoms with van der Waals surface area (Å²) in [5, 5.41) is 30.7. The fraction of sp³-hybridized carbons (Fsp3) is 0.0714. The number of hydrogen-bond acceptors (Lipinski definition) is 6. The van der Waals surface area contributed by atoms with Crippen LogP contribution in [0.1, 0.15) is 11.1 Å². The number of rotatable bonds is 6. The molecular weight excluding hydrogens is 765 g/mol. The van der Waals surface area contributed by atoms with Crippen molar-refractivity contribution < 1.29 is 18.9 Å². The molecule has 6 heteroatoms. The van der Waals surface area contributed by atoms with Crippen molar-refractivity contribution in [2.24, 2.45) is 0 Å². The fourth-order valence-electron chi connectivity index (χ4n) is 10.4. The molecule has 0 fully saturated rings. The molecule has 0 radical (unpaired) electrons. The van der Waals surface area contributed by atoms with Crippen LogP contribution < -0.4 is 18.9 Å². The van der Waals surface area contributed by atoms with Crippen LogP contribution in [0.3, 0.4) is 0 Å². The van der Waals surface area contributed by atoms with Gasteiger partial charge in [0.05, 0.1) is 51.7 Å². The fourth-order valence-corrected chi connectivity index (χ4v) is 10.4. The molecule has 62 heavy (non-hydrogen) atoms. The summed E-state index contributed by atoms with van der Waals surface area (Å²) in [4.78, 5) is 0. The van der Waals surface area contributed by atoms with Crippen molar-refractivity contribution in [3.05, 3.63) is 145 Å². The van der Waals surface area contributed by atoms with Gasteiger partial charge in [-0.1, -0.05) is 48.5 Å². The van der Waals surface area contributed by atoms with Crippen LogP contribution in [0.15, 0.2) is 133 Å². The first-order valence-electron chi connectivity index (χ1n) is 20.4. The highest BCUT2D eigenvalue weighted by atomic mass is 16.5. The van der Waals surface area contributed by atoms with Crippen molar-refractivity contribution >= 4 is 53.9 Å². The van der Waals surface area contributed by atoms with Crippen LogP contribution in [0.4, 0.5) is 0 Å². The maximum atomic E-state index is 9.84. The highest BCUT2D eigenvalue weighted by Crippen LogP contribution is 2.59. The monoisotopic (exact) mass is 798 g/mol. The van der Waals surface area contributed by atoms with Gasteiger partial charge >= 0.3 is 0 Å². The Morgan fingerprint density at radius 3 is 1.31 bits per heavy atom. The molecule has 0 atom stereocenters. The van der Waals surface area contributed by atoms with E-state index in [1.165, 1.54) is 5.39 Å². The van der Waals surface area contributed by atoms with E-state index in [2.05, 4.69) is 121 Å². The Morgan fingerprint density at radius 2 is 0.758 bits per heavy atom. The normalized spacial score (nSPS) is 11.8. The first-order chi connectivity index (χ1) is 30.4. The van der Waals surface area contributed by atoms with Gasteiger partial charge in [0.25, 0.3) is 0 Å². The summed E-state index contributed by atoms with van der Waals surface area (Å²) >= 11 is 0. The highest BCUT2D eigenvalue weighted by molar-refractivity contribution is 6.33. The Hall–Kier alpha value is -8.32. The maximum Gasteiger partial charge on any atom is 0.120 e. The summed E-state index contributed by atoms with van der Waals surface area (Å²) in [5.41, 5.74) is 14.3. The van der Waals surface area contributed by atoms with Gasteiger partial charge in [-0.2, -0.15) is 10.5 Å². The summed E-state index contributed by atoms with van der Waals surface area (Å²) in [6.45, 7) is 0. The third-order valence-corrected chi connectivity index (χ3v) is 13.1. The van der Waals surface area contributed by atoms with Crippen LogP contribution >= 0.6 is 0 Å². The van der Waals surface area contributed by atoms with E-state index >= 15 is 0 Å².